The summed E-state index contributed by atoms with van der Waals surface area (Å²) in [5.74, 6) is -0.0100. The lowest BCUT2D eigenvalue weighted by atomic mass is 10.0. The summed E-state index contributed by atoms with van der Waals surface area (Å²) in [5, 5.41) is 26.4. The fraction of sp³-hybridized carbons (Fsp3) is 0.474. The van der Waals surface area contributed by atoms with Gasteiger partial charge < -0.3 is 19.7 Å². The van der Waals surface area contributed by atoms with Crippen LogP contribution in [0.2, 0.25) is 0 Å². The summed E-state index contributed by atoms with van der Waals surface area (Å²) in [6, 6.07) is 7.48. The predicted molar refractivity (Wildman–Crippen MR) is 97.9 cm³/mol. The maximum absolute atomic E-state index is 10.8. The van der Waals surface area contributed by atoms with E-state index in [2.05, 4.69) is 15.1 Å². The molecule has 8 nitrogen and oxygen atoms in total. The van der Waals surface area contributed by atoms with E-state index < -0.39 is 18.7 Å². The summed E-state index contributed by atoms with van der Waals surface area (Å²) in [6.07, 6.45) is 0.334. The molecule has 2 aromatic rings. The molecular formula is C19H25N3O5. The third-order valence-electron chi connectivity index (χ3n) is 4.70. The van der Waals surface area contributed by atoms with Gasteiger partial charge in [0.2, 0.25) is 0 Å². The molecular weight excluding hydrogens is 350 g/mol. The Morgan fingerprint density at radius 1 is 1.33 bits per heavy atom. The predicted octanol–water partition coefficient (Wildman–Crippen LogP) is 1.23. The monoisotopic (exact) mass is 375 g/mol. The molecule has 1 aromatic heterocycles. The average molecular weight is 375 g/mol. The van der Waals surface area contributed by atoms with Crippen LogP contribution in [0.5, 0.6) is 11.5 Å². The molecule has 1 aliphatic heterocycles. The topological polar surface area (TPSA) is 108 Å². The van der Waals surface area contributed by atoms with Gasteiger partial charge in [0.05, 0.1) is 18.9 Å². The number of hydrogen-bond acceptors (Lipinski definition) is 6. The van der Waals surface area contributed by atoms with Gasteiger partial charge in [-0.1, -0.05) is 6.07 Å². The number of carbonyl (C=O) groups is 1. The molecule has 0 spiro atoms. The number of aliphatic hydroxyl groups is 1. The van der Waals surface area contributed by atoms with Gasteiger partial charge in [0.15, 0.2) is 18.1 Å². The Morgan fingerprint density at radius 3 is 2.81 bits per heavy atom. The number of β-amino-alcohol motifs (C(OH)–C–C–N with tert-alkyl or cyclic N) is 1. The Hall–Kier alpha value is -2.58. The second-order valence-electron chi connectivity index (χ2n) is 6.94. The van der Waals surface area contributed by atoms with Gasteiger partial charge in [0, 0.05) is 31.2 Å². The molecule has 8 heteroatoms. The zero-order chi connectivity index (χ0) is 19.4. The van der Waals surface area contributed by atoms with Crippen molar-refractivity contribution in [1.82, 2.24) is 15.1 Å². The normalized spacial score (nSPS) is 20.0. The van der Waals surface area contributed by atoms with Crippen molar-refractivity contribution in [3.05, 3.63) is 41.2 Å². The molecule has 3 rings (SSSR count). The number of aliphatic carboxylic acids is 1. The van der Waals surface area contributed by atoms with Crippen molar-refractivity contribution >= 4 is 5.97 Å². The largest absolute Gasteiger partial charge is 0.493 e. The highest BCUT2D eigenvalue weighted by atomic mass is 16.5. The lowest BCUT2D eigenvalue weighted by molar-refractivity contribution is -0.139. The number of nitrogens with one attached hydrogen (secondary N) is 1. The highest BCUT2D eigenvalue weighted by molar-refractivity contribution is 5.68. The van der Waals surface area contributed by atoms with Crippen LogP contribution in [0.1, 0.15) is 17.0 Å². The van der Waals surface area contributed by atoms with E-state index in [9.17, 15) is 9.90 Å². The summed E-state index contributed by atoms with van der Waals surface area (Å²) in [5.41, 5.74) is 2.95. The second kappa shape index (κ2) is 8.41. The number of aryl methyl sites for hydroxylation is 1. The number of ether oxygens (including phenoxy) is 2. The maximum atomic E-state index is 10.8. The third kappa shape index (κ3) is 4.99. The van der Waals surface area contributed by atoms with E-state index in [0.717, 1.165) is 29.9 Å². The quantitative estimate of drug-likeness (QED) is 0.637. The van der Waals surface area contributed by atoms with Gasteiger partial charge >= 0.3 is 5.97 Å². The fourth-order valence-electron chi connectivity index (χ4n) is 3.45. The molecule has 1 fully saturated rings. The van der Waals surface area contributed by atoms with Crippen LogP contribution < -0.4 is 9.47 Å². The van der Waals surface area contributed by atoms with Crippen molar-refractivity contribution in [3.63, 3.8) is 0 Å². The van der Waals surface area contributed by atoms with Gasteiger partial charge in [-0.2, -0.15) is 5.10 Å². The summed E-state index contributed by atoms with van der Waals surface area (Å²) in [6.45, 7) is 3.53. The first-order valence-electron chi connectivity index (χ1n) is 8.87. The number of carboxylic acid groups (broad SMARTS) is 1. The lowest BCUT2D eigenvalue weighted by Crippen LogP contribution is -2.21. The molecule has 146 valence electrons. The second-order valence-corrected chi connectivity index (χ2v) is 6.94. The smallest absolute Gasteiger partial charge is 0.341 e. The minimum atomic E-state index is -1.04. The Labute approximate surface area is 157 Å². The van der Waals surface area contributed by atoms with Crippen LogP contribution in [0.3, 0.4) is 0 Å². The number of hydrogen-bond donors (Lipinski definition) is 3. The van der Waals surface area contributed by atoms with E-state index in [-0.39, 0.29) is 5.92 Å². The number of rotatable bonds is 8. The zero-order valence-electron chi connectivity index (χ0n) is 15.5. The number of nitrogens with zero attached hydrogens (tertiary/aromatic N) is 2. The van der Waals surface area contributed by atoms with E-state index in [4.69, 9.17) is 14.6 Å². The molecule has 2 atom stereocenters. The summed E-state index contributed by atoms with van der Waals surface area (Å²) < 4.78 is 10.5. The summed E-state index contributed by atoms with van der Waals surface area (Å²) in [7, 11) is 1.51. The van der Waals surface area contributed by atoms with Crippen molar-refractivity contribution < 1.29 is 24.5 Å². The van der Waals surface area contributed by atoms with Gasteiger partial charge in [0.25, 0.3) is 0 Å². The van der Waals surface area contributed by atoms with Crippen LogP contribution in [0.4, 0.5) is 0 Å². The van der Waals surface area contributed by atoms with Crippen LogP contribution in [0.15, 0.2) is 24.3 Å². The molecule has 1 aromatic carbocycles. The zero-order valence-corrected chi connectivity index (χ0v) is 15.5. The summed E-state index contributed by atoms with van der Waals surface area (Å²) >= 11 is 0. The Balaban J connectivity index is 1.63. The van der Waals surface area contributed by atoms with Crippen LogP contribution in [-0.2, 0) is 17.8 Å². The van der Waals surface area contributed by atoms with Gasteiger partial charge in [-0.3, -0.25) is 10.00 Å². The van der Waals surface area contributed by atoms with E-state index in [1.165, 1.54) is 7.11 Å². The molecule has 0 saturated carbocycles. The first kappa shape index (κ1) is 19.2. The number of carboxylic acids is 1. The molecule has 0 amide bonds. The number of benzene rings is 1. The van der Waals surface area contributed by atoms with Crippen LogP contribution >= 0.6 is 0 Å². The fourth-order valence-corrected chi connectivity index (χ4v) is 3.45. The number of aliphatic hydroxyl groups excluding tert-OH is 1. The van der Waals surface area contributed by atoms with Gasteiger partial charge in [-0.15, -0.1) is 0 Å². The first-order chi connectivity index (χ1) is 12.9. The number of aromatic amines is 1. The van der Waals surface area contributed by atoms with Gasteiger partial charge in [-0.05, 0) is 37.1 Å². The highest BCUT2D eigenvalue weighted by Gasteiger charge is 2.31. The maximum Gasteiger partial charge on any atom is 0.341 e. The molecule has 2 heterocycles. The molecule has 0 unspecified atom stereocenters. The van der Waals surface area contributed by atoms with Crippen molar-refractivity contribution in [2.45, 2.75) is 26.0 Å². The molecule has 0 bridgehead atoms. The number of H-pyrrole nitrogens is 1. The molecule has 0 aliphatic carbocycles. The Bertz CT molecular complexity index is 791. The highest BCUT2D eigenvalue weighted by Crippen LogP contribution is 2.30. The SMILES string of the molecule is COc1ccc(CN2C[C@@H](Cc3cc(C)[nH]n3)[C@@H](O)C2)cc1OCC(=O)O. The standard InChI is InChI=1S/C19H25N3O5/c1-12-5-15(21-20-12)7-14-9-22(10-16(14)23)8-13-3-4-17(26-2)18(6-13)27-11-19(24)25/h3-6,14,16,23H,7-11H2,1-2H3,(H,20,21)(H,24,25)/t14-,16+/m1/s1. The Morgan fingerprint density at radius 2 is 2.15 bits per heavy atom. The van der Waals surface area contributed by atoms with E-state index in [1.54, 1.807) is 12.1 Å². The first-order valence-corrected chi connectivity index (χ1v) is 8.87. The number of methoxy groups -OCH3 is 1. The third-order valence-corrected chi connectivity index (χ3v) is 4.70. The van der Waals surface area contributed by atoms with E-state index in [0.29, 0.717) is 24.6 Å². The number of aromatic nitrogens is 2. The molecule has 0 radical (unpaired) electrons. The van der Waals surface area contributed by atoms with Crippen molar-refractivity contribution in [2.24, 2.45) is 5.92 Å². The molecule has 1 aliphatic rings. The minimum absolute atomic E-state index is 0.133. The van der Waals surface area contributed by atoms with Crippen LogP contribution in [-0.4, -0.2) is 64.2 Å². The Kier molecular flexibility index (Phi) is 5.98. The molecule has 3 N–H and O–H groups in total. The van der Waals surface area contributed by atoms with E-state index in [1.807, 2.05) is 19.1 Å². The minimum Gasteiger partial charge on any atom is -0.493 e. The lowest BCUT2D eigenvalue weighted by Gasteiger charge is -2.17. The average Bonchev–Trinajstić information content (AvgIpc) is 3.19. The summed E-state index contributed by atoms with van der Waals surface area (Å²) in [4.78, 5) is 12.9. The van der Waals surface area contributed by atoms with E-state index >= 15 is 0 Å². The van der Waals surface area contributed by atoms with Crippen molar-refractivity contribution in [1.29, 1.82) is 0 Å². The van der Waals surface area contributed by atoms with Crippen molar-refractivity contribution in [3.8, 4) is 11.5 Å². The molecule has 27 heavy (non-hydrogen) atoms. The van der Waals surface area contributed by atoms with Gasteiger partial charge in [0.1, 0.15) is 0 Å². The van der Waals surface area contributed by atoms with Gasteiger partial charge in [-0.25, -0.2) is 4.79 Å². The molecule has 1 saturated heterocycles. The number of likely N-dealkylation sites (tertiary alicyclic amines) is 1. The van der Waals surface area contributed by atoms with Crippen molar-refractivity contribution in [2.75, 3.05) is 26.8 Å². The van der Waals surface area contributed by atoms with Crippen LogP contribution in [0.25, 0.3) is 0 Å². The van der Waals surface area contributed by atoms with Crippen LogP contribution in [0, 0.1) is 12.8 Å².